The highest BCUT2D eigenvalue weighted by Gasteiger charge is 2.27. The summed E-state index contributed by atoms with van der Waals surface area (Å²) in [5.41, 5.74) is 2.94. The normalized spacial score (nSPS) is 16.9. The number of aromatic nitrogens is 3. The van der Waals surface area contributed by atoms with Crippen LogP contribution < -0.4 is 10.6 Å². The van der Waals surface area contributed by atoms with E-state index < -0.39 is 0 Å². The van der Waals surface area contributed by atoms with E-state index in [9.17, 15) is 4.79 Å². The third kappa shape index (κ3) is 3.05. The molecule has 1 aromatic carbocycles. The molecule has 3 heterocycles. The van der Waals surface area contributed by atoms with Crippen molar-refractivity contribution in [3.63, 3.8) is 0 Å². The summed E-state index contributed by atoms with van der Waals surface area (Å²) >= 11 is 1.73. The number of imidazole rings is 1. The first-order valence-corrected chi connectivity index (χ1v) is 9.00. The highest BCUT2D eigenvalue weighted by molar-refractivity contribution is 7.18. The van der Waals surface area contributed by atoms with E-state index in [-0.39, 0.29) is 11.9 Å². The van der Waals surface area contributed by atoms with Crippen LogP contribution in [0.15, 0.2) is 30.6 Å². The topological polar surface area (TPSA) is 82.7 Å². The standard InChI is InChI=1S/C17H19N5OS/c23-17(16-15-12(7-9-18-16)20-10-21-15)19-8-3-6-14-22-11-4-1-2-5-13(11)24-14/h1-2,4-5,10,16,18H,3,6-9H2,(H,19,23)(H,20,21)/t16-/m1/s1. The van der Waals surface area contributed by atoms with Gasteiger partial charge in [0.2, 0.25) is 5.91 Å². The predicted octanol–water partition coefficient (Wildman–Crippen LogP) is 1.96. The molecule has 24 heavy (non-hydrogen) atoms. The molecule has 1 aliphatic rings. The summed E-state index contributed by atoms with van der Waals surface area (Å²) in [6, 6.07) is 7.82. The summed E-state index contributed by atoms with van der Waals surface area (Å²) in [5, 5.41) is 7.36. The highest BCUT2D eigenvalue weighted by atomic mass is 32.1. The number of nitrogens with zero attached hydrogens (tertiary/aromatic N) is 2. The summed E-state index contributed by atoms with van der Waals surface area (Å²) in [6.07, 6.45) is 4.30. The molecule has 0 spiro atoms. The van der Waals surface area contributed by atoms with E-state index in [1.807, 2.05) is 18.2 Å². The van der Waals surface area contributed by atoms with Crippen LogP contribution in [0.5, 0.6) is 0 Å². The number of fused-ring (bicyclic) bond motifs is 2. The Bertz CT molecular complexity index is 822. The Morgan fingerprint density at radius 2 is 2.29 bits per heavy atom. The first-order chi connectivity index (χ1) is 11.8. The lowest BCUT2D eigenvalue weighted by Crippen LogP contribution is -2.41. The average molecular weight is 341 g/mol. The second kappa shape index (κ2) is 6.70. The van der Waals surface area contributed by atoms with Crippen LogP contribution in [0, 0.1) is 0 Å². The maximum absolute atomic E-state index is 12.4. The Kier molecular flexibility index (Phi) is 4.27. The Labute approximate surface area is 143 Å². The minimum atomic E-state index is -0.345. The molecular weight excluding hydrogens is 322 g/mol. The van der Waals surface area contributed by atoms with Crippen molar-refractivity contribution in [2.45, 2.75) is 25.3 Å². The van der Waals surface area contributed by atoms with Gasteiger partial charge in [-0.1, -0.05) is 12.1 Å². The second-order valence-electron chi connectivity index (χ2n) is 5.87. The number of para-hydroxylation sites is 1. The Balaban J connectivity index is 1.29. The van der Waals surface area contributed by atoms with E-state index >= 15 is 0 Å². The number of H-pyrrole nitrogens is 1. The van der Waals surface area contributed by atoms with Crippen molar-refractivity contribution in [2.75, 3.05) is 13.1 Å². The quantitative estimate of drug-likeness (QED) is 0.620. The van der Waals surface area contributed by atoms with E-state index in [4.69, 9.17) is 0 Å². The predicted molar refractivity (Wildman–Crippen MR) is 94.0 cm³/mol. The van der Waals surface area contributed by atoms with Crippen molar-refractivity contribution in [2.24, 2.45) is 0 Å². The van der Waals surface area contributed by atoms with Crippen molar-refractivity contribution in [1.82, 2.24) is 25.6 Å². The van der Waals surface area contributed by atoms with Crippen LogP contribution in [-0.4, -0.2) is 33.9 Å². The number of nitrogens with one attached hydrogen (secondary N) is 3. The zero-order valence-corrected chi connectivity index (χ0v) is 14.0. The highest BCUT2D eigenvalue weighted by Crippen LogP contribution is 2.22. The van der Waals surface area contributed by atoms with Gasteiger partial charge < -0.3 is 15.6 Å². The lowest BCUT2D eigenvalue weighted by atomic mass is 10.1. The molecule has 7 heteroatoms. The number of amides is 1. The van der Waals surface area contributed by atoms with Crippen LogP contribution in [0.2, 0.25) is 0 Å². The van der Waals surface area contributed by atoms with Crippen LogP contribution in [0.25, 0.3) is 10.2 Å². The van der Waals surface area contributed by atoms with E-state index in [0.29, 0.717) is 6.54 Å². The molecule has 0 unspecified atom stereocenters. The van der Waals surface area contributed by atoms with Crippen molar-refractivity contribution in [3.8, 4) is 0 Å². The monoisotopic (exact) mass is 341 g/mol. The van der Waals surface area contributed by atoms with Crippen LogP contribution in [0.1, 0.15) is 28.9 Å². The number of aromatic amines is 1. The van der Waals surface area contributed by atoms with E-state index in [1.54, 1.807) is 17.7 Å². The molecule has 124 valence electrons. The van der Waals surface area contributed by atoms with Gasteiger partial charge in [0, 0.05) is 31.6 Å². The van der Waals surface area contributed by atoms with Gasteiger partial charge in [-0.05, 0) is 18.6 Å². The van der Waals surface area contributed by atoms with Gasteiger partial charge in [-0.15, -0.1) is 11.3 Å². The lowest BCUT2D eigenvalue weighted by molar-refractivity contribution is -0.123. The summed E-state index contributed by atoms with van der Waals surface area (Å²) in [4.78, 5) is 24.4. The van der Waals surface area contributed by atoms with E-state index in [0.717, 1.165) is 47.7 Å². The molecule has 0 fully saturated rings. The summed E-state index contributed by atoms with van der Waals surface area (Å²) < 4.78 is 1.22. The van der Waals surface area contributed by atoms with Crippen LogP contribution in [-0.2, 0) is 17.6 Å². The molecular formula is C17H19N5OS. The summed E-state index contributed by atoms with van der Waals surface area (Å²) in [5.74, 6) is -0.00708. The smallest absolute Gasteiger partial charge is 0.243 e. The fraction of sp³-hybridized carbons (Fsp3) is 0.353. The van der Waals surface area contributed by atoms with Crippen molar-refractivity contribution >= 4 is 27.5 Å². The number of carbonyl (C=O) groups excluding carboxylic acids is 1. The largest absolute Gasteiger partial charge is 0.354 e. The number of hydrogen-bond donors (Lipinski definition) is 3. The minimum Gasteiger partial charge on any atom is -0.354 e. The Hall–Kier alpha value is -2.25. The average Bonchev–Trinajstić information content (AvgIpc) is 3.24. The number of benzene rings is 1. The Morgan fingerprint density at radius 1 is 1.38 bits per heavy atom. The number of thiazole rings is 1. The van der Waals surface area contributed by atoms with Gasteiger partial charge in [0.15, 0.2) is 0 Å². The number of carbonyl (C=O) groups is 1. The van der Waals surface area contributed by atoms with Gasteiger partial charge in [-0.2, -0.15) is 0 Å². The number of rotatable bonds is 5. The molecule has 3 N–H and O–H groups in total. The molecule has 6 nitrogen and oxygen atoms in total. The molecule has 4 rings (SSSR count). The van der Waals surface area contributed by atoms with Crippen LogP contribution >= 0.6 is 11.3 Å². The maximum Gasteiger partial charge on any atom is 0.243 e. The molecule has 3 aromatic rings. The van der Waals surface area contributed by atoms with E-state index in [1.165, 1.54) is 4.70 Å². The summed E-state index contributed by atoms with van der Waals surface area (Å²) in [7, 11) is 0. The number of hydrogen-bond acceptors (Lipinski definition) is 5. The van der Waals surface area contributed by atoms with Gasteiger partial charge in [0.25, 0.3) is 0 Å². The molecule has 0 bridgehead atoms. The van der Waals surface area contributed by atoms with Crippen LogP contribution in [0.3, 0.4) is 0 Å². The van der Waals surface area contributed by atoms with Gasteiger partial charge >= 0.3 is 0 Å². The zero-order valence-electron chi connectivity index (χ0n) is 13.2. The molecule has 1 atom stereocenters. The lowest BCUT2D eigenvalue weighted by Gasteiger charge is -2.22. The van der Waals surface area contributed by atoms with Gasteiger partial charge in [0.1, 0.15) is 6.04 Å². The fourth-order valence-electron chi connectivity index (χ4n) is 3.02. The molecule has 0 saturated carbocycles. The minimum absolute atomic E-state index is 0.00708. The zero-order chi connectivity index (χ0) is 16.4. The first kappa shape index (κ1) is 15.3. The van der Waals surface area contributed by atoms with Gasteiger partial charge in [-0.25, -0.2) is 9.97 Å². The second-order valence-corrected chi connectivity index (χ2v) is 6.99. The van der Waals surface area contributed by atoms with Crippen molar-refractivity contribution in [1.29, 1.82) is 0 Å². The fourth-order valence-corrected chi connectivity index (χ4v) is 4.02. The molecule has 1 aliphatic heterocycles. The van der Waals surface area contributed by atoms with Crippen LogP contribution in [0.4, 0.5) is 0 Å². The molecule has 0 saturated heterocycles. The number of aryl methyl sites for hydroxylation is 1. The third-order valence-electron chi connectivity index (χ3n) is 4.22. The summed E-state index contributed by atoms with van der Waals surface area (Å²) in [6.45, 7) is 1.44. The maximum atomic E-state index is 12.4. The Morgan fingerprint density at radius 3 is 3.21 bits per heavy atom. The first-order valence-electron chi connectivity index (χ1n) is 8.19. The molecule has 2 aromatic heterocycles. The molecule has 0 aliphatic carbocycles. The third-order valence-corrected chi connectivity index (χ3v) is 5.31. The van der Waals surface area contributed by atoms with E-state index in [2.05, 4.69) is 31.7 Å². The molecule has 1 amide bonds. The van der Waals surface area contributed by atoms with Gasteiger partial charge in [0.05, 0.1) is 27.2 Å². The SMILES string of the molecule is O=C(NCCCc1nc2ccccc2s1)[C@@H]1NCCc2[nH]cnc21. The van der Waals surface area contributed by atoms with Crippen molar-refractivity contribution in [3.05, 3.63) is 47.0 Å². The van der Waals surface area contributed by atoms with Gasteiger partial charge in [-0.3, -0.25) is 4.79 Å². The molecule has 0 radical (unpaired) electrons. The van der Waals surface area contributed by atoms with Crippen molar-refractivity contribution < 1.29 is 4.79 Å².